The topological polar surface area (TPSA) is 80.0 Å². The van der Waals surface area contributed by atoms with Crippen molar-refractivity contribution in [2.45, 2.75) is 6.54 Å². The van der Waals surface area contributed by atoms with Gasteiger partial charge in [-0.2, -0.15) is 0 Å². The van der Waals surface area contributed by atoms with Crippen molar-refractivity contribution in [1.29, 1.82) is 0 Å². The molecule has 6 nitrogen and oxygen atoms in total. The summed E-state index contributed by atoms with van der Waals surface area (Å²) in [4.78, 5) is 16.0. The first-order valence-corrected chi connectivity index (χ1v) is 5.60. The minimum Gasteiger partial charge on any atom is -0.373 e. The molecule has 7 heteroatoms. The van der Waals surface area contributed by atoms with Crippen LogP contribution in [0, 0.1) is 0 Å². The quantitative estimate of drug-likeness (QED) is 0.880. The number of rotatable bonds is 4. The van der Waals surface area contributed by atoms with Crippen LogP contribution in [0.2, 0.25) is 5.02 Å². The molecule has 0 unspecified atom stereocenters. The van der Waals surface area contributed by atoms with E-state index in [0.29, 0.717) is 16.6 Å². The molecule has 0 saturated carbocycles. The third-order valence-corrected chi connectivity index (χ3v) is 2.54. The first-order valence-electron chi connectivity index (χ1n) is 5.23. The van der Waals surface area contributed by atoms with Gasteiger partial charge < -0.3 is 15.2 Å². The standard InChI is InChI=1S/C11H11ClN4O2/c1-13-9-3-2-8(12)10(16-9)11(17)14-6-7-4-5-15-18-7/h2-5H,6H2,1H3,(H,13,16)(H,14,17). The van der Waals surface area contributed by atoms with Crippen molar-refractivity contribution in [2.75, 3.05) is 12.4 Å². The molecule has 0 aliphatic heterocycles. The van der Waals surface area contributed by atoms with Crippen molar-refractivity contribution in [3.05, 3.63) is 40.9 Å². The van der Waals surface area contributed by atoms with Crippen LogP contribution in [-0.2, 0) is 6.54 Å². The molecule has 2 aromatic heterocycles. The van der Waals surface area contributed by atoms with Gasteiger partial charge in [-0.25, -0.2) is 4.98 Å². The molecule has 0 aromatic carbocycles. The van der Waals surface area contributed by atoms with Gasteiger partial charge in [0, 0.05) is 13.1 Å². The number of amides is 1. The van der Waals surface area contributed by atoms with Gasteiger partial charge in [0.15, 0.2) is 5.76 Å². The number of carbonyl (C=O) groups excluding carboxylic acids is 1. The summed E-state index contributed by atoms with van der Waals surface area (Å²) in [7, 11) is 1.71. The second-order valence-electron chi connectivity index (χ2n) is 3.44. The van der Waals surface area contributed by atoms with Gasteiger partial charge in [-0.05, 0) is 12.1 Å². The molecule has 1 amide bonds. The van der Waals surface area contributed by atoms with Gasteiger partial charge in [-0.3, -0.25) is 4.79 Å². The van der Waals surface area contributed by atoms with Crippen molar-refractivity contribution in [2.24, 2.45) is 0 Å². The van der Waals surface area contributed by atoms with Crippen molar-refractivity contribution < 1.29 is 9.32 Å². The van der Waals surface area contributed by atoms with Crippen molar-refractivity contribution >= 4 is 23.3 Å². The van der Waals surface area contributed by atoms with Gasteiger partial charge in [-0.15, -0.1) is 0 Å². The highest BCUT2D eigenvalue weighted by Crippen LogP contribution is 2.16. The zero-order chi connectivity index (χ0) is 13.0. The molecule has 2 aromatic rings. The maximum absolute atomic E-state index is 11.9. The number of hydrogen-bond donors (Lipinski definition) is 2. The number of pyridine rings is 1. The average Bonchev–Trinajstić information content (AvgIpc) is 2.89. The van der Waals surface area contributed by atoms with E-state index in [9.17, 15) is 4.79 Å². The molecule has 0 spiro atoms. The number of halogens is 1. The lowest BCUT2D eigenvalue weighted by molar-refractivity contribution is 0.0942. The Labute approximate surface area is 108 Å². The largest absolute Gasteiger partial charge is 0.373 e. The average molecular weight is 267 g/mol. The predicted molar refractivity (Wildman–Crippen MR) is 66.5 cm³/mol. The van der Waals surface area contributed by atoms with Gasteiger partial charge in [0.2, 0.25) is 0 Å². The van der Waals surface area contributed by atoms with Crippen molar-refractivity contribution in [3.63, 3.8) is 0 Å². The molecule has 0 atom stereocenters. The van der Waals surface area contributed by atoms with Crippen molar-refractivity contribution in [1.82, 2.24) is 15.5 Å². The molecule has 2 heterocycles. The zero-order valence-corrected chi connectivity index (χ0v) is 10.4. The monoisotopic (exact) mass is 266 g/mol. The first-order chi connectivity index (χ1) is 8.70. The summed E-state index contributed by atoms with van der Waals surface area (Å²) >= 11 is 5.92. The van der Waals surface area contributed by atoms with E-state index in [1.807, 2.05) is 0 Å². The summed E-state index contributed by atoms with van der Waals surface area (Å²) in [5.41, 5.74) is 0.169. The zero-order valence-electron chi connectivity index (χ0n) is 9.61. The maximum atomic E-state index is 11.9. The van der Waals surface area contributed by atoms with Crippen LogP contribution in [0.15, 0.2) is 28.9 Å². The maximum Gasteiger partial charge on any atom is 0.271 e. The summed E-state index contributed by atoms with van der Waals surface area (Å²) in [5, 5.41) is 9.32. The minimum absolute atomic E-state index is 0.169. The molecule has 0 aliphatic rings. The van der Waals surface area contributed by atoms with Crippen LogP contribution in [0.25, 0.3) is 0 Å². The number of nitrogens with one attached hydrogen (secondary N) is 2. The number of hydrogen-bond acceptors (Lipinski definition) is 5. The van der Waals surface area contributed by atoms with E-state index in [1.165, 1.54) is 6.20 Å². The van der Waals surface area contributed by atoms with E-state index in [4.69, 9.17) is 16.1 Å². The van der Waals surface area contributed by atoms with Crippen LogP contribution in [-0.4, -0.2) is 23.1 Å². The Balaban J connectivity index is 2.08. The second-order valence-corrected chi connectivity index (χ2v) is 3.85. The van der Waals surface area contributed by atoms with E-state index < -0.39 is 0 Å². The molecule has 18 heavy (non-hydrogen) atoms. The van der Waals surface area contributed by atoms with E-state index >= 15 is 0 Å². The number of anilines is 1. The Hall–Kier alpha value is -2.08. The fraction of sp³-hybridized carbons (Fsp3) is 0.182. The Kier molecular flexibility index (Phi) is 3.78. The lowest BCUT2D eigenvalue weighted by Crippen LogP contribution is -2.24. The molecule has 0 bridgehead atoms. The van der Waals surface area contributed by atoms with E-state index in [0.717, 1.165) is 0 Å². The Bertz CT molecular complexity index is 542. The molecule has 94 valence electrons. The van der Waals surface area contributed by atoms with Crippen molar-refractivity contribution in [3.8, 4) is 0 Å². The Morgan fingerprint density at radius 3 is 2.94 bits per heavy atom. The normalized spacial score (nSPS) is 10.1. The SMILES string of the molecule is CNc1ccc(Cl)c(C(=O)NCc2ccno2)n1. The van der Waals surface area contributed by atoms with Crippen LogP contribution < -0.4 is 10.6 Å². The highest BCUT2D eigenvalue weighted by molar-refractivity contribution is 6.33. The predicted octanol–water partition coefficient (Wildman–Crippen LogP) is 1.69. The first kappa shape index (κ1) is 12.4. The molecule has 2 rings (SSSR count). The number of aromatic nitrogens is 2. The summed E-state index contributed by atoms with van der Waals surface area (Å²) in [5.74, 6) is 0.766. The van der Waals surface area contributed by atoms with Crippen LogP contribution >= 0.6 is 11.6 Å². The van der Waals surface area contributed by atoms with Crippen LogP contribution in [0.1, 0.15) is 16.2 Å². The van der Waals surface area contributed by atoms with E-state index in [1.54, 1.807) is 25.2 Å². The highest BCUT2D eigenvalue weighted by Gasteiger charge is 2.13. The Morgan fingerprint density at radius 2 is 2.28 bits per heavy atom. The lowest BCUT2D eigenvalue weighted by atomic mass is 10.3. The molecular weight excluding hydrogens is 256 g/mol. The summed E-state index contributed by atoms with van der Waals surface area (Å²) in [6, 6.07) is 4.97. The van der Waals surface area contributed by atoms with Crippen LogP contribution in [0.3, 0.4) is 0 Å². The molecular formula is C11H11ClN4O2. The van der Waals surface area contributed by atoms with Gasteiger partial charge in [-0.1, -0.05) is 16.8 Å². The van der Waals surface area contributed by atoms with Gasteiger partial charge in [0.05, 0.1) is 17.8 Å². The molecule has 0 radical (unpaired) electrons. The fourth-order valence-electron chi connectivity index (χ4n) is 1.33. The molecule has 0 fully saturated rings. The lowest BCUT2D eigenvalue weighted by Gasteiger charge is -2.06. The summed E-state index contributed by atoms with van der Waals surface area (Å²) < 4.78 is 4.86. The third-order valence-electron chi connectivity index (χ3n) is 2.23. The fourth-order valence-corrected chi connectivity index (χ4v) is 1.52. The van der Waals surface area contributed by atoms with Crippen LogP contribution in [0.5, 0.6) is 0 Å². The molecule has 0 aliphatic carbocycles. The summed E-state index contributed by atoms with van der Waals surface area (Å²) in [6.45, 7) is 0.237. The number of carbonyl (C=O) groups is 1. The minimum atomic E-state index is -0.367. The Morgan fingerprint density at radius 1 is 1.44 bits per heavy atom. The van der Waals surface area contributed by atoms with Gasteiger partial charge in [0.25, 0.3) is 5.91 Å². The van der Waals surface area contributed by atoms with Gasteiger partial charge in [0.1, 0.15) is 11.5 Å². The van der Waals surface area contributed by atoms with Gasteiger partial charge >= 0.3 is 0 Å². The summed E-state index contributed by atoms with van der Waals surface area (Å²) in [6.07, 6.45) is 1.51. The highest BCUT2D eigenvalue weighted by atomic mass is 35.5. The number of nitrogens with zero attached hydrogens (tertiary/aromatic N) is 2. The second kappa shape index (κ2) is 5.50. The van der Waals surface area contributed by atoms with Crippen LogP contribution in [0.4, 0.5) is 5.82 Å². The smallest absolute Gasteiger partial charge is 0.271 e. The molecule has 2 N–H and O–H groups in total. The molecule has 0 saturated heterocycles. The van der Waals surface area contributed by atoms with E-state index in [-0.39, 0.29) is 18.1 Å². The van der Waals surface area contributed by atoms with E-state index in [2.05, 4.69) is 20.8 Å². The third kappa shape index (κ3) is 2.78.